The van der Waals surface area contributed by atoms with E-state index in [4.69, 9.17) is 23.2 Å². The van der Waals surface area contributed by atoms with E-state index in [2.05, 4.69) is 15.3 Å². The minimum absolute atomic E-state index is 0.248. The Kier molecular flexibility index (Phi) is 7.44. The number of nitrogens with one attached hydrogen (secondary N) is 2. The molecule has 1 aromatic heterocycles. The highest BCUT2D eigenvalue weighted by Crippen LogP contribution is 2.33. The molecule has 0 atom stereocenters. The number of imidazole rings is 1. The molecule has 0 spiro atoms. The van der Waals surface area contributed by atoms with E-state index in [0.717, 1.165) is 0 Å². The summed E-state index contributed by atoms with van der Waals surface area (Å²) in [5.41, 5.74) is 2.46. The van der Waals surface area contributed by atoms with Crippen LogP contribution in [0, 0.1) is 0 Å². The van der Waals surface area contributed by atoms with Crippen molar-refractivity contribution in [2.75, 3.05) is 6.54 Å². The Morgan fingerprint density at radius 2 is 1.97 bits per heavy atom. The van der Waals surface area contributed by atoms with Gasteiger partial charge in [-0.2, -0.15) is 0 Å². The summed E-state index contributed by atoms with van der Waals surface area (Å²) in [5.74, 6) is -0.0566. The van der Waals surface area contributed by atoms with Crippen molar-refractivity contribution in [3.8, 4) is 11.4 Å². The summed E-state index contributed by atoms with van der Waals surface area (Å²) in [6, 6.07) is 10.4. The van der Waals surface area contributed by atoms with Gasteiger partial charge in [0, 0.05) is 12.1 Å². The maximum absolute atomic E-state index is 13.5. The molecule has 0 radical (unpaired) electrons. The standard InChI is InChI=1S/C23H20Cl2FN3O/c1-2-3-4-7-16(26)8-6-13-27-23(30)15-11-12-19-20(14-15)29-22(28-19)21-17(24)9-5-10-18(21)25/h2-5,7-12,14H,6,13H2,1H3,(H,27,30)(H,28,29)/b3-2-,7-4-,16-8-. The predicted octanol–water partition coefficient (Wildman–Crippen LogP) is 6.64. The van der Waals surface area contributed by atoms with Crippen LogP contribution in [0.5, 0.6) is 0 Å². The first kappa shape index (κ1) is 21.8. The van der Waals surface area contributed by atoms with Gasteiger partial charge in [0.15, 0.2) is 0 Å². The minimum atomic E-state index is -0.341. The largest absolute Gasteiger partial charge is 0.352 e. The lowest BCUT2D eigenvalue weighted by molar-refractivity contribution is 0.0954. The van der Waals surface area contributed by atoms with Crippen molar-refractivity contribution in [2.24, 2.45) is 0 Å². The maximum atomic E-state index is 13.5. The Labute approximate surface area is 184 Å². The van der Waals surface area contributed by atoms with Crippen LogP contribution in [0.3, 0.4) is 0 Å². The Balaban J connectivity index is 1.68. The van der Waals surface area contributed by atoms with E-state index >= 15 is 0 Å². The number of nitrogens with zero attached hydrogens (tertiary/aromatic N) is 1. The van der Waals surface area contributed by atoms with E-state index in [1.165, 1.54) is 12.2 Å². The van der Waals surface area contributed by atoms with Crippen molar-refractivity contribution in [1.29, 1.82) is 0 Å². The first-order valence-electron chi connectivity index (χ1n) is 9.37. The molecule has 1 heterocycles. The number of amides is 1. The van der Waals surface area contributed by atoms with Gasteiger partial charge in [0.05, 0.1) is 26.6 Å². The van der Waals surface area contributed by atoms with Gasteiger partial charge >= 0.3 is 0 Å². The summed E-state index contributed by atoms with van der Waals surface area (Å²) in [6.45, 7) is 2.18. The molecule has 0 saturated heterocycles. The number of benzene rings is 2. The van der Waals surface area contributed by atoms with Gasteiger partial charge in [-0.15, -0.1) is 0 Å². The summed E-state index contributed by atoms with van der Waals surface area (Å²) in [6.07, 6.45) is 8.36. The summed E-state index contributed by atoms with van der Waals surface area (Å²) in [7, 11) is 0. The number of aromatic nitrogens is 2. The van der Waals surface area contributed by atoms with Crippen LogP contribution in [0.25, 0.3) is 22.4 Å². The van der Waals surface area contributed by atoms with Crippen LogP contribution in [-0.4, -0.2) is 22.4 Å². The van der Waals surface area contributed by atoms with E-state index in [-0.39, 0.29) is 11.7 Å². The summed E-state index contributed by atoms with van der Waals surface area (Å²) >= 11 is 12.5. The third kappa shape index (κ3) is 5.38. The second kappa shape index (κ2) is 10.2. The lowest BCUT2D eigenvalue weighted by Gasteiger charge is -2.03. The molecule has 1 amide bonds. The van der Waals surface area contributed by atoms with Gasteiger partial charge < -0.3 is 10.3 Å². The zero-order valence-electron chi connectivity index (χ0n) is 16.3. The maximum Gasteiger partial charge on any atom is 0.251 e. The van der Waals surface area contributed by atoms with Crippen LogP contribution >= 0.6 is 23.2 Å². The molecule has 0 aliphatic carbocycles. The summed E-state index contributed by atoms with van der Waals surface area (Å²) in [4.78, 5) is 20.1. The topological polar surface area (TPSA) is 57.8 Å². The molecule has 0 saturated carbocycles. The van der Waals surface area contributed by atoms with Gasteiger partial charge in [-0.3, -0.25) is 4.79 Å². The van der Waals surface area contributed by atoms with E-state index in [1.807, 2.05) is 13.0 Å². The van der Waals surface area contributed by atoms with Crippen molar-refractivity contribution in [1.82, 2.24) is 15.3 Å². The smallest absolute Gasteiger partial charge is 0.251 e. The Bertz CT molecular complexity index is 1130. The average molecular weight is 444 g/mol. The molecule has 3 aromatic rings. The second-order valence-electron chi connectivity index (χ2n) is 6.43. The number of carbonyl (C=O) groups is 1. The minimum Gasteiger partial charge on any atom is -0.352 e. The molecular formula is C23H20Cl2FN3O. The van der Waals surface area contributed by atoms with Gasteiger partial charge in [0.2, 0.25) is 0 Å². The van der Waals surface area contributed by atoms with Gasteiger partial charge in [-0.25, -0.2) is 9.37 Å². The third-order valence-electron chi connectivity index (χ3n) is 4.27. The quantitative estimate of drug-likeness (QED) is 0.317. The van der Waals surface area contributed by atoms with Gasteiger partial charge in [-0.1, -0.05) is 47.5 Å². The fourth-order valence-corrected chi connectivity index (χ4v) is 3.39. The number of rotatable bonds is 7. The number of allylic oxidation sites excluding steroid dienone is 5. The summed E-state index contributed by atoms with van der Waals surface area (Å²) < 4.78 is 13.5. The van der Waals surface area contributed by atoms with Crippen molar-refractivity contribution in [3.05, 3.63) is 88.2 Å². The highest BCUT2D eigenvalue weighted by Gasteiger charge is 2.14. The van der Waals surface area contributed by atoms with Crippen LogP contribution in [0.2, 0.25) is 10.0 Å². The van der Waals surface area contributed by atoms with Crippen LogP contribution in [-0.2, 0) is 0 Å². The first-order chi connectivity index (χ1) is 14.5. The number of halogens is 3. The van der Waals surface area contributed by atoms with Gasteiger partial charge in [0.1, 0.15) is 11.7 Å². The lowest BCUT2D eigenvalue weighted by atomic mass is 10.2. The van der Waals surface area contributed by atoms with Crippen molar-refractivity contribution < 1.29 is 9.18 Å². The zero-order chi connectivity index (χ0) is 21.5. The Hall–Kier alpha value is -2.89. The van der Waals surface area contributed by atoms with E-state index in [0.29, 0.717) is 51.0 Å². The summed E-state index contributed by atoms with van der Waals surface area (Å²) in [5, 5.41) is 3.75. The molecule has 2 aromatic carbocycles. The number of hydrogen-bond donors (Lipinski definition) is 2. The fourth-order valence-electron chi connectivity index (χ4n) is 2.82. The normalized spacial score (nSPS) is 12.3. The predicted molar refractivity (Wildman–Crippen MR) is 122 cm³/mol. The molecule has 0 fully saturated rings. The molecule has 3 rings (SSSR count). The number of H-pyrrole nitrogens is 1. The average Bonchev–Trinajstić information content (AvgIpc) is 3.13. The lowest BCUT2D eigenvalue weighted by Crippen LogP contribution is -2.24. The van der Waals surface area contributed by atoms with Crippen LogP contribution < -0.4 is 5.32 Å². The fraction of sp³-hybridized carbons (Fsp3) is 0.130. The first-order valence-corrected chi connectivity index (χ1v) is 10.1. The molecule has 0 bridgehead atoms. The van der Waals surface area contributed by atoms with Crippen molar-refractivity contribution in [3.63, 3.8) is 0 Å². The van der Waals surface area contributed by atoms with Crippen LogP contribution in [0.1, 0.15) is 23.7 Å². The van der Waals surface area contributed by atoms with Gasteiger partial charge in [-0.05, 0) is 55.8 Å². The molecule has 154 valence electrons. The molecule has 4 nitrogen and oxygen atoms in total. The number of hydrogen-bond acceptors (Lipinski definition) is 2. The molecule has 2 N–H and O–H groups in total. The second-order valence-corrected chi connectivity index (χ2v) is 7.25. The van der Waals surface area contributed by atoms with Crippen molar-refractivity contribution >= 4 is 40.1 Å². The molecule has 0 aliphatic heterocycles. The van der Waals surface area contributed by atoms with E-state index < -0.39 is 0 Å². The third-order valence-corrected chi connectivity index (χ3v) is 4.90. The molecule has 0 unspecified atom stereocenters. The molecule has 30 heavy (non-hydrogen) atoms. The molecule has 0 aliphatic rings. The highest BCUT2D eigenvalue weighted by atomic mass is 35.5. The van der Waals surface area contributed by atoms with Crippen LogP contribution in [0.4, 0.5) is 4.39 Å². The monoisotopic (exact) mass is 443 g/mol. The SMILES string of the molecule is C\C=C/C=C\C(F)=C\CCNC(=O)c1ccc2nc(-c3c(Cl)cccc3Cl)[nH]c2c1. The van der Waals surface area contributed by atoms with E-state index in [9.17, 15) is 9.18 Å². The Morgan fingerprint density at radius 3 is 2.70 bits per heavy atom. The number of fused-ring (bicyclic) bond motifs is 1. The Morgan fingerprint density at radius 1 is 1.20 bits per heavy atom. The van der Waals surface area contributed by atoms with Crippen LogP contribution in [0.15, 0.2) is 72.6 Å². The number of carbonyl (C=O) groups excluding carboxylic acids is 1. The molecular weight excluding hydrogens is 424 g/mol. The number of aromatic amines is 1. The molecule has 7 heteroatoms. The zero-order valence-corrected chi connectivity index (χ0v) is 17.8. The highest BCUT2D eigenvalue weighted by molar-refractivity contribution is 6.39. The van der Waals surface area contributed by atoms with E-state index in [1.54, 1.807) is 48.6 Å². The van der Waals surface area contributed by atoms with Crippen molar-refractivity contribution in [2.45, 2.75) is 13.3 Å². The van der Waals surface area contributed by atoms with Gasteiger partial charge in [0.25, 0.3) is 5.91 Å².